The zero-order chi connectivity index (χ0) is 19.1. The maximum absolute atomic E-state index is 12.8. The van der Waals surface area contributed by atoms with Crippen molar-refractivity contribution in [2.45, 2.75) is 18.9 Å². The van der Waals surface area contributed by atoms with Gasteiger partial charge in [0.15, 0.2) is 5.65 Å². The van der Waals surface area contributed by atoms with E-state index in [-0.39, 0.29) is 17.5 Å². The number of aromatic nitrogens is 5. The average molecular weight is 392 g/mol. The molecule has 0 saturated carbocycles. The lowest BCUT2D eigenvalue weighted by Gasteiger charge is -2.32. The summed E-state index contributed by atoms with van der Waals surface area (Å²) in [5, 5.41) is 0.522. The number of likely N-dealkylation sites (tertiary alicyclic amines) is 1. The number of amides is 1. The lowest BCUT2D eigenvalue weighted by Crippen LogP contribution is -2.40. The van der Waals surface area contributed by atoms with Crippen molar-refractivity contribution in [3.63, 3.8) is 0 Å². The van der Waals surface area contributed by atoms with Crippen molar-refractivity contribution in [3.05, 3.63) is 58.8 Å². The summed E-state index contributed by atoms with van der Waals surface area (Å²) in [5.74, 6) is -0.0125. The Morgan fingerprint density at radius 1 is 1.07 bits per heavy atom. The van der Waals surface area contributed by atoms with E-state index in [1.54, 1.807) is 41.4 Å². The van der Waals surface area contributed by atoms with Gasteiger partial charge in [-0.1, -0.05) is 0 Å². The molecule has 1 saturated heterocycles. The van der Waals surface area contributed by atoms with Gasteiger partial charge in [-0.2, -0.15) is 8.75 Å². The molecule has 28 heavy (non-hydrogen) atoms. The summed E-state index contributed by atoms with van der Waals surface area (Å²) in [6.45, 7) is 1.18. The minimum Gasteiger partial charge on any atom is -0.338 e. The number of pyridine rings is 1. The highest BCUT2D eigenvalue weighted by molar-refractivity contribution is 7.00. The molecule has 3 aromatic heterocycles. The first-order valence-electron chi connectivity index (χ1n) is 9.04. The molecule has 0 spiro atoms. The van der Waals surface area contributed by atoms with Gasteiger partial charge in [0.05, 0.1) is 17.1 Å². The summed E-state index contributed by atoms with van der Waals surface area (Å²) in [6, 6.07) is 8.93. The Labute approximate surface area is 163 Å². The van der Waals surface area contributed by atoms with Gasteiger partial charge in [0, 0.05) is 30.9 Å². The summed E-state index contributed by atoms with van der Waals surface area (Å²) < 4.78 is 10.1. The van der Waals surface area contributed by atoms with Gasteiger partial charge in [0.1, 0.15) is 17.4 Å². The minimum atomic E-state index is -0.0793. The normalized spacial score (nSPS) is 15.4. The van der Waals surface area contributed by atoms with E-state index in [1.165, 1.54) is 0 Å². The Hall–Kier alpha value is -3.20. The number of benzene rings is 1. The molecule has 1 aliphatic heterocycles. The molecule has 0 bridgehead atoms. The predicted octanol–water partition coefficient (Wildman–Crippen LogP) is 2.27. The molecule has 8 nitrogen and oxygen atoms in total. The number of rotatable bonds is 2. The number of piperidine rings is 1. The van der Waals surface area contributed by atoms with Crippen molar-refractivity contribution >= 4 is 39.7 Å². The van der Waals surface area contributed by atoms with E-state index in [0.29, 0.717) is 42.5 Å². The molecule has 4 aromatic rings. The van der Waals surface area contributed by atoms with Crippen LogP contribution in [0.3, 0.4) is 0 Å². The number of hydrogen-bond donors (Lipinski definition) is 0. The molecule has 0 radical (unpaired) electrons. The van der Waals surface area contributed by atoms with Crippen LogP contribution in [0, 0.1) is 0 Å². The second kappa shape index (κ2) is 6.75. The van der Waals surface area contributed by atoms with Crippen LogP contribution in [-0.2, 0) is 0 Å². The average Bonchev–Trinajstić information content (AvgIpc) is 3.22. The second-order valence-electron chi connectivity index (χ2n) is 6.82. The molecule has 140 valence electrons. The zero-order valence-corrected chi connectivity index (χ0v) is 15.7. The third-order valence-electron chi connectivity index (χ3n) is 5.20. The third-order valence-corrected chi connectivity index (χ3v) is 5.76. The number of hydrogen-bond acceptors (Lipinski definition) is 7. The summed E-state index contributed by atoms with van der Waals surface area (Å²) in [4.78, 5) is 35.9. The van der Waals surface area contributed by atoms with Crippen LogP contribution in [0.5, 0.6) is 0 Å². The quantitative estimate of drug-likeness (QED) is 0.519. The fourth-order valence-corrected chi connectivity index (χ4v) is 4.20. The smallest absolute Gasteiger partial charge is 0.263 e. The number of nitrogens with zero attached hydrogens (tertiary/aromatic N) is 6. The highest BCUT2D eigenvalue weighted by atomic mass is 32.1. The van der Waals surface area contributed by atoms with Crippen molar-refractivity contribution in [2.24, 2.45) is 0 Å². The van der Waals surface area contributed by atoms with Crippen molar-refractivity contribution in [1.29, 1.82) is 0 Å². The molecule has 0 atom stereocenters. The number of fused-ring (bicyclic) bond motifs is 2. The Bertz CT molecular complexity index is 1240. The van der Waals surface area contributed by atoms with Crippen LogP contribution in [0.25, 0.3) is 22.1 Å². The Morgan fingerprint density at radius 3 is 2.75 bits per heavy atom. The van der Waals surface area contributed by atoms with Gasteiger partial charge in [0.2, 0.25) is 0 Å². The second-order valence-corrected chi connectivity index (χ2v) is 7.35. The van der Waals surface area contributed by atoms with Gasteiger partial charge in [0.25, 0.3) is 11.5 Å². The molecule has 0 aliphatic carbocycles. The van der Waals surface area contributed by atoms with Gasteiger partial charge < -0.3 is 4.90 Å². The van der Waals surface area contributed by atoms with Crippen LogP contribution in [0.1, 0.15) is 29.2 Å². The van der Waals surface area contributed by atoms with Crippen molar-refractivity contribution in [2.75, 3.05) is 13.1 Å². The first kappa shape index (κ1) is 16.9. The SMILES string of the molecule is O=C(c1ccc2nsnc2c1)N1CCC(n2cnc3ncccc3c2=O)CC1. The molecule has 4 heterocycles. The van der Waals surface area contributed by atoms with E-state index in [4.69, 9.17) is 0 Å². The standard InChI is InChI=1S/C19H16N6O2S/c26-18(12-3-4-15-16(10-12)23-28-22-15)24-8-5-13(6-9-24)25-11-21-17-14(19(25)27)2-1-7-20-17/h1-4,7,10-11,13H,5-6,8-9H2. The molecular weight excluding hydrogens is 376 g/mol. The first-order valence-corrected chi connectivity index (χ1v) is 9.77. The van der Waals surface area contributed by atoms with Crippen molar-refractivity contribution in [3.8, 4) is 0 Å². The van der Waals surface area contributed by atoms with E-state index >= 15 is 0 Å². The van der Waals surface area contributed by atoms with Crippen LogP contribution < -0.4 is 5.56 Å². The van der Waals surface area contributed by atoms with E-state index in [0.717, 1.165) is 22.8 Å². The monoisotopic (exact) mass is 392 g/mol. The molecule has 5 rings (SSSR count). The zero-order valence-electron chi connectivity index (χ0n) is 14.9. The highest BCUT2D eigenvalue weighted by Gasteiger charge is 2.26. The summed E-state index contributed by atoms with van der Waals surface area (Å²) in [5.41, 5.74) is 2.55. The number of carbonyl (C=O) groups is 1. The van der Waals surface area contributed by atoms with E-state index < -0.39 is 0 Å². The van der Waals surface area contributed by atoms with Crippen molar-refractivity contribution < 1.29 is 4.79 Å². The van der Waals surface area contributed by atoms with Gasteiger partial charge in [-0.25, -0.2) is 9.97 Å². The van der Waals surface area contributed by atoms with Gasteiger partial charge >= 0.3 is 0 Å². The molecule has 1 aliphatic rings. The van der Waals surface area contributed by atoms with Crippen LogP contribution in [0.2, 0.25) is 0 Å². The summed E-state index contributed by atoms with van der Waals surface area (Å²) in [6.07, 6.45) is 4.62. The molecule has 1 amide bonds. The van der Waals surface area contributed by atoms with Crippen molar-refractivity contribution in [1.82, 2.24) is 28.2 Å². The van der Waals surface area contributed by atoms with Crippen LogP contribution in [-0.4, -0.2) is 47.2 Å². The Kier molecular flexibility index (Phi) is 4.09. The predicted molar refractivity (Wildman–Crippen MR) is 105 cm³/mol. The Balaban J connectivity index is 1.34. The largest absolute Gasteiger partial charge is 0.338 e. The highest BCUT2D eigenvalue weighted by Crippen LogP contribution is 2.23. The van der Waals surface area contributed by atoms with E-state index in [9.17, 15) is 9.59 Å². The topological polar surface area (TPSA) is 93.9 Å². The molecule has 9 heteroatoms. The molecule has 0 unspecified atom stereocenters. The van der Waals surface area contributed by atoms with Crippen LogP contribution in [0.4, 0.5) is 0 Å². The lowest BCUT2D eigenvalue weighted by atomic mass is 10.0. The summed E-state index contributed by atoms with van der Waals surface area (Å²) in [7, 11) is 0. The van der Waals surface area contributed by atoms with E-state index in [1.807, 2.05) is 11.0 Å². The fraction of sp³-hybridized carbons (Fsp3) is 0.263. The lowest BCUT2D eigenvalue weighted by molar-refractivity contribution is 0.0693. The van der Waals surface area contributed by atoms with E-state index in [2.05, 4.69) is 18.7 Å². The molecule has 1 aromatic carbocycles. The third kappa shape index (κ3) is 2.84. The number of carbonyl (C=O) groups excluding carboxylic acids is 1. The van der Waals surface area contributed by atoms with Gasteiger partial charge in [-0.15, -0.1) is 0 Å². The fourth-order valence-electron chi connectivity index (χ4n) is 3.68. The molecular formula is C19H16N6O2S. The molecule has 1 fully saturated rings. The van der Waals surface area contributed by atoms with Crippen LogP contribution >= 0.6 is 11.7 Å². The Morgan fingerprint density at radius 2 is 1.89 bits per heavy atom. The van der Waals surface area contributed by atoms with Gasteiger partial charge in [-0.3, -0.25) is 14.2 Å². The first-order chi connectivity index (χ1) is 13.7. The molecule has 0 N–H and O–H groups in total. The maximum atomic E-state index is 12.8. The maximum Gasteiger partial charge on any atom is 0.263 e. The van der Waals surface area contributed by atoms with Gasteiger partial charge in [-0.05, 0) is 43.2 Å². The van der Waals surface area contributed by atoms with Crippen LogP contribution in [0.15, 0.2) is 47.7 Å². The summed E-state index contributed by atoms with van der Waals surface area (Å²) >= 11 is 1.14. The minimum absolute atomic E-state index is 0.0125.